The Morgan fingerprint density at radius 2 is 1.87 bits per heavy atom. The van der Waals surface area contributed by atoms with E-state index in [1.165, 1.54) is 0 Å². The van der Waals surface area contributed by atoms with Crippen molar-refractivity contribution in [2.75, 3.05) is 18.5 Å². The molecule has 2 aromatic carbocycles. The molecule has 1 unspecified atom stereocenters. The Morgan fingerprint density at radius 1 is 1.10 bits per heavy atom. The maximum absolute atomic E-state index is 12.9. The normalized spacial score (nSPS) is 15.3. The van der Waals surface area contributed by atoms with Gasteiger partial charge >= 0.3 is 5.97 Å². The van der Waals surface area contributed by atoms with Crippen molar-refractivity contribution in [2.45, 2.75) is 33.7 Å². The van der Waals surface area contributed by atoms with E-state index < -0.39 is 6.04 Å². The second-order valence-electron chi connectivity index (χ2n) is 7.36. The van der Waals surface area contributed by atoms with Crippen LogP contribution in [0.4, 0.5) is 5.95 Å². The number of benzene rings is 2. The van der Waals surface area contributed by atoms with Crippen molar-refractivity contribution in [3.8, 4) is 17.1 Å². The number of hydrogen-bond acceptors (Lipinski definition) is 6. The van der Waals surface area contributed by atoms with E-state index in [0.717, 1.165) is 22.4 Å². The zero-order valence-corrected chi connectivity index (χ0v) is 18.2. The summed E-state index contributed by atoms with van der Waals surface area (Å²) in [5.74, 6) is 1.59. The molecular weight excluding hydrogens is 392 g/mol. The van der Waals surface area contributed by atoms with Crippen LogP contribution in [0.2, 0.25) is 0 Å². The largest absolute Gasteiger partial charge is 0.494 e. The van der Waals surface area contributed by atoms with Crippen molar-refractivity contribution in [1.82, 2.24) is 14.8 Å². The van der Waals surface area contributed by atoms with Crippen LogP contribution in [0.3, 0.4) is 0 Å². The highest BCUT2D eigenvalue weighted by Gasteiger charge is 2.35. The fourth-order valence-corrected chi connectivity index (χ4v) is 3.75. The van der Waals surface area contributed by atoms with Crippen LogP contribution in [-0.4, -0.2) is 33.9 Å². The van der Waals surface area contributed by atoms with Crippen molar-refractivity contribution in [3.05, 3.63) is 70.9 Å². The Morgan fingerprint density at radius 3 is 2.55 bits per heavy atom. The molecule has 1 aliphatic heterocycles. The minimum absolute atomic E-state index is 0.296. The molecule has 7 nitrogen and oxygen atoms in total. The summed E-state index contributed by atoms with van der Waals surface area (Å²) in [6, 6.07) is 15.3. The van der Waals surface area contributed by atoms with Crippen LogP contribution in [0, 0.1) is 6.92 Å². The predicted molar refractivity (Wildman–Crippen MR) is 119 cm³/mol. The van der Waals surface area contributed by atoms with E-state index in [2.05, 4.69) is 5.32 Å². The summed E-state index contributed by atoms with van der Waals surface area (Å²) in [6.07, 6.45) is 0. The molecule has 31 heavy (non-hydrogen) atoms. The lowest BCUT2D eigenvalue weighted by Crippen LogP contribution is -2.29. The third kappa shape index (κ3) is 4.03. The van der Waals surface area contributed by atoms with Crippen molar-refractivity contribution >= 4 is 11.9 Å². The smallest absolute Gasteiger partial charge is 0.338 e. The second-order valence-corrected chi connectivity index (χ2v) is 7.36. The van der Waals surface area contributed by atoms with Crippen LogP contribution in [0.15, 0.2) is 59.8 Å². The third-order valence-electron chi connectivity index (χ3n) is 5.13. The minimum Gasteiger partial charge on any atom is -0.494 e. The lowest BCUT2D eigenvalue weighted by atomic mass is 9.96. The monoisotopic (exact) mass is 418 g/mol. The van der Waals surface area contributed by atoms with E-state index in [4.69, 9.17) is 19.6 Å². The molecule has 1 N–H and O–H groups in total. The van der Waals surface area contributed by atoms with Crippen LogP contribution >= 0.6 is 0 Å². The van der Waals surface area contributed by atoms with Gasteiger partial charge in [0.15, 0.2) is 5.82 Å². The van der Waals surface area contributed by atoms with Gasteiger partial charge in [-0.05, 0) is 51.5 Å². The molecule has 0 radical (unpaired) electrons. The molecule has 7 heteroatoms. The number of carbonyl (C=O) groups excluding carboxylic acids is 1. The molecule has 0 amide bonds. The van der Waals surface area contributed by atoms with Gasteiger partial charge in [0.2, 0.25) is 5.95 Å². The number of anilines is 1. The molecule has 0 aliphatic carbocycles. The molecular formula is C24H26N4O3. The molecule has 2 heterocycles. The van der Waals surface area contributed by atoms with Crippen LogP contribution in [0.5, 0.6) is 5.75 Å². The van der Waals surface area contributed by atoms with Crippen molar-refractivity contribution < 1.29 is 14.3 Å². The van der Waals surface area contributed by atoms with Gasteiger partial charge in [-0.1, -0.05) is 35.9 Å². The highest BCUT2D eigenvalue weighted by atomic mass is 16.5. The molecule has 1 aliphatic rings. The fourth-order valence-electron chi connectivity index (χ4n) is 3.75. The number of aryl methyl sites for hydroxylation is 1. The topological polar surface area (TPSA) is 78.3 Å². The summed E-state index contributed by atoms with van der Waals surface area (Å²) >= 11 is 0. The number of esters is 1. The summed E-state index contributed by atoms with van der Waals surface area (Å²) in [5.41, 5.74) is 4.16. The fraction of sp³-hybridized carbons (Fsp3) is 0.292. The molecule has 3 aromatic rings. The first-order valence-electron chi connectivity index (χ1n) is 10.4. The molecule has 0 bridgehead atoms. The SMILES string of the molecule is CCOC(=O)C1=C(C)Nc2nc(-c3cccc(C)c3)nn2C1c1ccc(OCC)cc1. The first-order chi connectivity index (χ1) is 15.0. The average Bonchev–Trinajstić information content (AvgIpc) is 3.17. The number of ether oxygens (including phenoxy) is 2. The Hall–Kier alpha value is -3.61. The van der Waals surface area contributed by atoms with E-state index in [1.54, 1.807) is 11.6 Å². The van der Waals surface area contributed by atoms with Crippen LogP contribution in [-0.2, 0) is 9.53 Å². The molecule has 4 rings (SSSR count). The van der Waals surface area contributed by atoms with Gasteiger partial charge in [0.1, 0.15) is 11.8 Å². The molecule has 0 saturated heterocycles. The third-order valence-corrected chi connectivity index (χ3v) is 5.13. The minimum atomic E-state index is -0.461. The van der Waals surface area contributed by atoms with Gasteiger partial charge in [0.05, 0.1) is 18.8 Å². The van der Waals surface area contributed by atoms with E-state index in [-0.39, 0.29) is 5.97 Å². The molecule has 160 valence electrons. The summed E-state index contributed by atoms with van der Waals surface area (Å²) in [7, 11) is 0. The molecule has 1 atom stereocenters. The molecule has 0 fully saturated rings. The number of fused-ring (bicyclic) bond motifs is 1. The number of nitrogens with one attached hydrogen (secondary N) is 1. The maximum Gasteiger partial charge on any atom is 0.338 e. The number of allylic oxidation sites excluding steroid dienone is 1. The van der Waals surface area contributed by atoms with E-state index in [1.807, 2.05) is 69.3 Å². The standard InChI is InChI=1S/C24H26N4O3/c1-5-30-19-12-10-17(11-13-19)21-20(23(29)31-6-2)16(4)25-24-26-22(27-28(21)24)18-9-7-8-15(3)14-18/h7-14,21H,5-6H2,1-4H3,(H,25,26,27). The quantitative estimate of drug-likeness (QED) is 0.594. The second kappa shape index (κ2) is 8.63. The summed E-state index contributed by atoms with van der Waals surface area (Å²) < 4.78 is 12.7. The lowest BCUT2D eigenvalue weighted by molar-refractivity contribution is -0.139. The zero-order valence-electron chi connectivity index (χ0n) is 18.2. The van der Waals surface area contributed by atoms with Crippen LogP contribution in [0.25, 0.3) is 11.4 Å². The molecule has 0 saturated carbocycles. The Bertz CT molecular complexity index is 1130. The number of hydrogen-bond donors (Lipinski definition) is 1. The van der Waals surface area contributed by atoms with Crippen LogP contribution < -0.4 is 10.1 Å². The first-order valence-corrected chi connectivity index (χ1v) is 10.4. The lowest BCUT2D eigenvalue weighted by Gasteiger charge is -2.28. The van der Waals surface area contributed by atoms with Crippen molar-refractivity contribution in [3.63, 3.8) is 0 Å². The van der Waals surface area contributed by atoms with Gasteiger partial charge in [0.25, 0.3) is 0 Å². The predicted octanol–water partition coefficient (Wildman–Crippen LogP) is 4.50. The maximum atomic E-state index is 12.9. The Kier molecular flexibility index (Phi) is 5.75. The first kappa shape index (κ1) is 20.7. The zero-order chi connectivity index (χ0) is 22.0. The van der Waals surface area contributed by atoms with E-state index in [0.29, 0.717) is 36.3 Å². The van der Waals surface area contributed by atoms with Gasteiger partial charge in [0, 0.05) is 11.3 Å². The highest BCUT2D eigenvalue weighted by molar-refractivity contribution is 5.92. The van der Waals surface area contributed by atoms with Crippen molar-refractivity contribution in [1.29, 1.82) is 0 Å². The Labute approximate surface area is 181 Å². The van der Waals surface area contributed by atoms with Gasteiger partial charge in [-0.3, -0.25) is 0 Å². The summed E-state index contributed by atoms with van der Waals surface area (Å²) in [4.78, 5) is 17.6. The number of nitrogens with zero attached hydrogens (tertiary/aromatic N) is 3. The van der Waals surface area contributed by atoms with Gasteiger partial charge in [-0.25, -0.2) is 9.48 Å². The van der Waals surface area contributed by atoms with Crippen LogP contribution in [0.1, 0.15) is 37.9 Å². The Balaban J connectivity index is 1.82. The van der Waals surface area contributed by atoms with E-state index >= 15 is 0 Å². The van der Waals surface area contributed by atoms with Gasteiger partial charge in [-0.15, -0.1) is 5.10 Å². The average molecular weight is 418 g/mol. The summed E-state index contributed by atoms with van der Waals surface area (Å²) in [5, 5.41) is 8.00. The molecule has 1 aromatic heterocycles. The highest BCUT2D eigenvalue weighted by Crippen LogP contribution is 2.37. The number of rotatable bonds is 6. The number of carbonyl (C=O) groups is 1. The number of aromatic nitrogens is 3. The van der Waals surface area contributed by atoms with Gasteiger partial charge < -0.3 is 14.8 Å². The molecule has 0 spiro atoms. The van der Waals surface area contributed by atoms with Crippen molar-refractivity contribution in [2.24, 2.45) is 0 Å². The van der Waals surface area contributed by atoms with E-state index in [9.17, 15) is 4.79 Å². The van der Waals surface area contributed by atoms with Gasteiger partial charge in [-0.2, -0.15) is 4.98 Å². The summed E-state index contributed by atoms with van der Waals surface area (Å²) in [6.45, 7) is 8.52.